The fraction of sp³-hybridized carbons (Fsp3) is 0.333. The first kappa shape index (κ1) is 13.0. The molecule has 1 unspecified atom stereocenters. The van der Waals surface area contributed by atoms with Crippen molar-refractivity contribution in [2.24, 2.45) is 0 Å². The Hall–Kier alpha value is -1.96. The lowest BCUT2D eigenvalue weighted by Gasteiger charge is -2.27. The van der Waals surface area contributed by atoms with Gasteiger partial charge in [0, 0.05) is 12.7 Å². The Labute approximate surface area is 120 Å². The number of hydrogen-bond donors (Lipinski definition) is 1. The monoisotopic (exact) mass is 267 g/mol. The maximum absolute atomic E-state index is 9.58. The molecule has 2 heteroatoms. The second-order valence-corrected chi connectivity index (χ2v) is 5.57. The van der Waals surface area contributed by atoms with Crippen LogP contribution in [0, 0.1) is 0 Å². The van der Waals surface area contributed by atoms with E-state index >= 15 is 0 Å². The molecule has 2 aromatic rings. The number of anilines is 1. The summed E-state index contributed by atoms with van der Waals surface area (Å²) in [7, 11) is 2.16. The van der Waals surface area contributed by atoms with Gasteiger partial charge in [-0.25, -0.2) is 0 Å². The molecule has 0 spiro atoms. The van der Waals surface area contributed by atoms with Crippen molar-refractivity contribution in [3.05, 3.63) is 59.2 Å². The highest BCUT2D eigenvalue weighted by Gasteiger charge is 2.26. The largest absolute Gasteiger partial charge is 0.508 e. The summed E-state index contributed by atoms with van der Waals surface area (Å²) in [6.45, 7) is 2.18. The number of phenolic OH excluding ortho intramolecular Hbond substituents is 1. The fourth-order valence-corrected chi connectivity index (χ4v) is 3.13. The van der Waals surface area contributed by atoms with E-state index in [2.05, 4.69) is 49.2 Å². The quantitative estimate of drug-likeness (QED) is 0.905. The lowest BCUT2D eigenvalue weighted by molar-refractivity contribution is 0.474. The molecular formula is C18H21NO. The number of fused-ring (bicyclic) bond motifs is 1. The molecule has 104 valence electrons. The highest BCUT2D eigenvalue weighted by atomic mass is 16.3. The maximum Gasteiger partial charge on any atom is 0.115 e. The summed E-state index contributed by atoms with van der Waals surface area (Å²) >= 11 is 0. The minimum Gasteiger partial charge on any atom is -0.508 e. The van der Waals surface area contributed by atoms with Gasteiger partial charge in [0.05, 0.1) is 6.04 Å². The van der Waals surface area contributed by atoms with Crippen LogP contribution in [0.1, 0.15) is 36.1 Å². The van der Waals surface area contributed by atoms with Crippen LogP contribution in [0.3, 0.4) is 0 Å². The minimum atomic E-state index is 0.374. The van der Waals surface area contributed by atoms with Crippen molar-refractivity contribution < 1.29 is 5.11 Å². The van der Waals surface area contributed by atoms with E-state index in [1.165, 1.54) is 22.4 Å². The Bertz CT molecular complexity index is 603. The van der Waals surface area contributed by atoms with Gasteiger partial charge in [-0.15, -0.1) is 0 Å². The molecule has 2 nitrogen and oxygen atoms in total. The van der Waals surface area contributed by atoms with Gasteiger partial charge in [0.15, 0.2) is 0 Å². The SMILES string of the molecule is CCc1ccc(N(C)C2CCc3cc(O)ccc32)cc1. The summed E-state index contributed by atoms with van der Waals surface area (Å²) in [6, 6.07) is 15.0. The Balaban J connectivity index is 1.87. The second-order valence-electron chi connectivity index (χ2n) is 5.57. The Kier molecular flexibility index (Phi) is 3.39. The van der Waals surface area contributed by atoms with Crippen molar-refractivity contribution in [2.75, 3.05) is 11.9 Å². The number of hydrogen-bond acceptors (Lipinski definition) is 2. The first-order valence-electron chi connectivity index (χ1n) is 7.32. The summed E-state index contributed by atoms with van der Waals surface area (Å²) in [5.74, 6) is 0.374. The van der Waals surface area contributed by atoms with Gasteiger partial charge < -0.3 is 10.0 Å². The van der Waals surface area contributed by atoms with Crippen molar-refractivity contribution in [3.8, 4) is 5.75 Å². The van der Waals surface area contributed by atoms with Crippen LogP contribution in [0.2, 0.25) is 0 Å². The molecule has 0 saturated heterocycles. The van der Waals surface area contributed by atoms with E-state index in [9.17, 15) is 5.11 Å². The molecule has 0 aromatic heterocycles. The lowest BCUT2D eigenvalue weighted by Crippen LogP contribution is -2.22. The maximum atomic E-state index is 9.58. The van der Waals surface area contributed by atoms with Gasteiger partial charge in [0.2, 0.25) is 0 Å². The average Bonchev–Trinajstić information content (AvgIpc) is 2.89. The summed E-state index contributed by atoms with van der Waals surface area (Å²) in [5, 5.41) is 9.58. The van der Waals surface area contributed by atoms with E-state index in [4.69, 9.17) is 0 Å². The third-order valence-electron chi connectivity index (χ3n) is 4.39. The molecule has 0 heterocycles. The molecule has 0 fully saturated rings. The summed E-state index contributed by atoms with van der Waals surface area (Å²) in [5.41, 5.74) is 5.27. The van der Waals surface area contributed by atoms with Crippen molar-refractivity contribution in [1.29, 1.82) is 0 Å². The fourth-order valence-electron chi connectivity index (χ4n) is 3.13. The van der Waals surface area contributed by atoms with E-state index in [0.717, 1.165) is 19.3 Å². The molecule has 0 aliphatic heterocycles. The van der Waals surface area contributed by atoms with Gasteiger partial charge in [-0.3, -0.25) is 0 Å². The third kappa shape index (κ3) is 2.26. The molecule has 3 rings (SSSR count). The van der Waals surface area contributed by atoms with Crippen molar-refractivity contribution in [3.63, 3.8) is 0 Å². The summed E-state index contributed by atoms with van der Waals surface area (Å²) < 4.78 is 0. The smallest absolute Gasteiger partial charge is 0.115 e. The van der Waals surface area contributed by atoms with Gasteiger partial charge in [-0.2, -0.15) is 0 Å². The number of aryl methyl sites for hydroxylation is 2. The van der Waals surface area contributed by atoms with Crippen LogP contribution in [0.25, 0.3) is 0 Å². The predicted molar refractivity (Wildman–Crippen MR) is 83.4 cm³/mol. The predicted octanol–water partition coefficient (Wildman–Crippen LogP) is 4.08. The Morgan fingerprint density at radius 3 is 2.60 bits per heavy atom. The zero-order valence-electron chi connectivity index (χ0n) is 12.1. The Morgan fingerprint density at radius 1 is 1.15 bits per heavy atom. The number of rotatable bonds is 3. The van der Waals surface area contributed by atoms with Crippen LogP contribution in [0.15, 0.2) is 42.5 Å². The molecule has 1 N–H and O–H groups in total. The molecular weight excluding hydrogens is 246 g/mol. The van der Waals surface area contributed by atoms with Crippen LogP contribution in [-0.4, -0.2) is 12.2 Å². The second kappa shape index (κ2) is 5.20. The summed E-state index contributed by atoms with van der Waals surface area (Å²) in [6.07, 6.45) is 3.24. The third-order valence-corrected chi connectivity index (χ3v) is 4.39. The first-order valence-corrected chi connectivity index (χ1v) is 7.32. The van der Waals surface area contributed by atoms with Crippen LogP contribution in [0.4, 0.5) is 5.69 Å². The van der Waals surface area contributed by atoms with Gasteiger partial charge in [-0.1, -0.05) is 25.1 Å². The van der Waals surface area contributed by atoms with Crippen LogP contribution < -0.4 is 4.90 Å². The number of benzene rings is 2. The van der Waals surface area contributed by atoms with E-state index in [1.54, 1.807) is 6.07 Å². The lowest BCUT2D eigenvalue weighted by atomic mass is 10.1. The average molecular weight is 267 g/mol. The van der Waals surface area contributed by atoms with E-state index < -0.39 is 0 Å². The molecule has 0 amide bonds. The highest BCUT2D eigenvalue weighted by molar-refractivity contribution is 5.52. The molecule has 0 bridgehead atoms. The zero-order chi connectivity index (χ0) is 14.1. The normalized spacial score (nSPS) is 17.0. The first-order chi connectivity index (χ1) is 9.69. The molecule has 0 radical (unpaired) electrons. The highest BCUT2D eigenvalue weighted by Crippen LogP contribution is 2.38. The van der Waals surface area contributed by atoms with Crippen LogP contribution in [-0.2, 0) is 12.8 Å². The molecule has 2 aromatic carbocycles. The topological polar surface area (TPSA) is 23.5 Å². The molecule has 20 heavy (non-hydrogen) atoms. The molecule has 1 aliphatic carbocycles. The van der Waals surface area contributed by atoms with Gasteiger partial charge >= 0.3 is 0 Å². The van der Waals surface area contributed by atoms with Crippen molar-refractivity contribution in [2.45, 2.75) is 32.2 Å². The molecule has 1 atom stereocenters. The van der Waals surface area contributed by atoms with Gasteiger partial charge in [0.1, 0.15) is 5.75 Å². The standard InChI is InChI=1S/C18H21NO/c1-3-13-4-7-15(8-5-13)19(2)18-11-6-14-12-16(20)9-10-17(14)18/h4-5,7-10,12,18,20H,3,6,11H2,1-2H3. The minimum absolute atomic E-state index is 0.374. The van der Waals surface area contributed by atoms with Crippen LogP contribution in [0.5, 0.6) is 5.75 Å². The number of aromatic hydroxyl groups is 1. The summed E-state index contributed by atoms with van der Waals surface area (Å²) in [4.78, 5) is 2.35. The number of phenols is 1. The Morgan fingerprint density at radius 2 is 1.90 bits per heavy atom. The van der Waals surface area contributed by atoms with Gasteiger partial charge in [-0.05, 0) is 60.2 Å². The van der Waals surface area contributed by atoms with E-state index in [0.29, 0.717) is 11.8 Å². The van der Waals surface area contributed by atoms with Crippen molar-refractivity contribution in [1.82, 2.24) is 0 Å². The molecule has 0 saturated carbocycles. The zero-order valence-corrected chi connectivity index (χ0v) is 12.1. The van der Waals surface area contributed by atoms with Crippen molar-refractivity contribution >= 4 is 5.69 Å². The number of nitrogens with zero attached hydrogens (tertiary/aromatic N) is 1. The van der Waals surface area contributed by atoms with E-state index in [1.807, 2.05) is 6.07 Å². The van der Waals surface area contributed by atoms with Gasteiger partial charge in [0.25, 0.3) is 0 Å². The molecule has 1 aliphatic rings. The van der Waals surface area contributed by atoms with Crippen LogP contribution >= 0.6 is 0 Å². The van der Waals surface area contributed by atoms with E-state index in [-0.39, 0.29) is 0 Å².